The fourth-order valence-electron chi connectivity index (χ4n) is 7.94. The van der Waals surface area contributed by atoms with E-state index in [1.165, 1.54) is 4.90 Å². The summed E-state index contributed by atoms with van der Waals surface area (Å²) >= 11 is 0. The van der Waals surface area contributed by atoms with Gasteiger partial charge in [-0.15, -0.1) is 0 Å². The van der Waals surface area contributed by atoms with Crippen LogP contribution in [-0.2, 0) is 90.5 Å². The minimum atomic E-state index is -1.76. The van der Waals surface area contributed by atoms with E-state index in [4.69, 9.17) is 80.9 Å². The Balaban J connectivity index is 1.97. The predicted molar refractivity (Wildman–Crippen MR) is 294 cm³/mol. The number of hydrogen-bond acceptors (Lipinski definition) is 26. The first kappa shape index (κ1) is 75.4. The zero-order valence-electron chi connectivity index (χ0n) is 48.1. The number of aliphatic hydroxyl groups is 4. The summed E-state index contributed by atoms with van der Waals surface area (Å²) < 4.78 is 61.0. The lowest BCUT2D eigenvalue weighted by Gasteiger charge is -2.40. The van der Waals surface area contributed by atoms with Gasteiger partial charge in [0.15, 0.2) is 24.1 Å². The van der Waals surface area contributed by atoms with Gasteiger partial charge in [0.05, 0.1) is 143 Å². The van der Waals surface area contributed by atoms with Gasteiger partial charge in [-0.05, 0) is 12.2 Å². The second-order valence-electron chi connectivity index (χ2n) is 18.4. The minimum absolute atomic E-state index is 0.0203. The minimum Gasteiger partial charge on any atom is -0.478 e. The normalized spacial score (nSPS) is 19.6. The molecule has 5 amide bonds. The van der Waals surface area contributed by atoms with Crippen molar-refractivity contribution >= 4 is 53.4 Å². The number of nitrogens with zero attached hydrogens (tertiary/aromatic N) is 3. The zero-order chi connectivity index (χ0) is 63.8. The molecule has 0 saturated heterocycles. The Morgan fingerprint density at radius 2 is 0.907 bits per heavy atom. The van der Waals surface area contributed by atoms with Crippen molar-refractivity contribution in [2.75, 3.05) is 152 Å². The maximum Gasteiger partial charge on any atom is 0.370 e. The lowest BCUT2D eigenvalue weighted by molar-refractivity contribution is -0.158. The summed E-state index contributed by atoms with van der Waals surface area (Å²) in [6.45, 7) is 1.93. The quantitative estimate of drug-likeness (QED) is 0.0116. The number of amides is 5. The highest BCUT2D eigenvalue weighted by atomic mass is 16.6. The van der Waals surface area contributed by atoms with Gasteiger partial charge in [-0.25, -0.2) is 25.5 Å². The average molecular weight is 1240 g/mol. The second-order valence-corrected chi connectivity index (χ2v) is 18.4. The molecule has 0 aliphatic carbocycles. The van der Waals surface area contributed by atoms with Crippen molar-refractivity contribution in [1.82, 2.24) is 26.2 Å². The van der Waals surface area contributed by atoms with Gasteiger partial charge in [-0.2, -0.15) is 0 Å². The second kappa shape index (κ2) is 43.9. The molecule has 0 aromatic heterocycles. The summed E-state index contributed by atoms with van der Waals surface area (Å²) in [4.78, 5) is 101. The molecular formula is C49H86N12O25. The van der Waals surface area contributed by atoms with Gasteiger partial charge in [0.25, 0.3) is 0 Å². The van der Waals surface area contributed by atoms with Gasteiger partial charge < -0.3 is 137 Å². The molecule has 0 radical (unpaired) electrons. The van der Waals surface area contributed by atoms with Crippen LogP contribution >= 0.6 is 0 Å². The van der Waals surface area contributed by atoms with Crippen LogP contribution in [0.25, 0.3) is 0 Å². The molecule has 2 aliphatic heterocycles. The number of rotatable bonds is 48. The van der Waals surface area contributed by atoms with Crippen LogP contribution in [0.5, 0.6) is 0 Å². The fourth-order valence-corrected chi connectivity index (χ4v) is 7.94. The van der Waals surface area contributed by atoms with Gasteiger partial charge in [0.2, 0.25) is 41.1 Å². The highest BCUT2D eigenvalue weighted by molar-refractivity contribution is 5.86. The molecule has 0 bridgehead atoms. The summed E-state index contributed by atoms with van der Waals surface area (Å²) in [7, 11) is 0. The van der Waals surface area contributed by atoms with Crippen molar-refractivity contribution in [2.24, 2.45) is 38.8 Å². The molecule has 2 rings (SSSR count). The van der Waals surface area contributed by atoms with Crippen molar-refractivity contribution in [1.29, 1.82) is 0 Å². The summed E-state index contributed by atoms with van der Waals surface area (Å²) in [5.41, 5.74) is 22.2. The molecule has 0 spiro atoms. The standard InChI is InChI=1S/C49H86N12O25/c1-29(64)57-40-31(59-48(50)51)23-35(46(71)72)85-44(40)42(33(66)25-62)82-27-37(68)55-4-9-76-11-6-61(39(70)3-8-75-13-14-78-15-16-79-17-18-80-19-20-81-21-22-84-54)7-12-77-10-5-56-38(69)28-83-43(34(67)26-63)45-41(58-30(2)65)32(60-49(52)53)24-36(86-45)47(73)74/h23-24,31-34,40-45,62-63,66-67H,3-22,25-28,54H2,1-2H3,(H,55,68)(H,56,69)(H,57,64)(H,58,65)(H,71,72)(H,73,74)(H4,50,51,59)(H4,52,53,60)/t31-,32-,33+,34+,40+,41+,42+,43+,44+,45+/m0/s1. The van der Waals surface area contributed by atoms with Crippen molar-refractivity contribution in [2.45, 2.75) is 81.1 Å². The van der Waals surface area contributed by atoms with E-state index in [1.807, 2.05) is 0 Å². The van der Waals surface area contributed by atoms with Crippen LogP contribution in [-0.4, -0.2) is 301 Å². The first-order valence-corrected chi connectivity index (χ1v) is 27.1. The highest BCUT2D eigenvalue weighted by Crippen LogP contribution is 2.28. The van der Waals surface area contributed by atoms with E-state index in [1.54, 1.807) is 0 Å². The van der Waals surface area contributed by atoms with Crippen LogP contribution < -0.4 is 50.1 Å². The third kappa shape index (κ3) is 31.1. The molecule has 2 heterocycles. The Hall–Kier alpha value is -6.69. The van der Waals surface area contributed by atoms with E-state index in [-0.39, 0.29) is 91.4 Å². The maximum atomic E-state index is 13.4. The lowest BCUT2D eigenvalue weighted by atomic mass is 9.92. The molecule has 20 N–H and O–H groups in total. The van der Waals surface area contributed by atoms with Crippen LogP contribution in [0.4, 0.5) is 0 Å². The van der Waals surface area contributed by atoms with E-state index < -0.39 is 146 Å². The molecule has 0 saturated carbocycles. The van der Waals surface area contributed by atoms with Crippen molar-refractivity contribution in [3.63, 3.8) is 0 Å². The van der Waals surface area contributed by atoms with E-state index in [9.17, 15) is 64.2 Å². The number of nitrogens with one attached hydrogen (secondary N) is 4. The average Bonchev–Trinajstić information content (AvgIpc) is 1.18. The Kier molecular flexibility index (Phi) is 38.5. The van der Waals surface area contributed by atoms with Crippen LogP contribution in [0.2, 0.25) is 0 Å². The largest absolute Gasteiger partial charge is 0.478 e. The number of aliphatic imine (C=N–C) groups is 2. The van der Waals surface area contributed by atoms with Gasteiger partial charge in [0.1, 0.15) is 37.6 Å². The van der Waals surface area contributed by atoms with E-state index >= 15 is 0 Å². The number of carbonyl (C=O) groups is 7. The van der Waals surface area contributed by atoms with E-state index in [0.717, 1.165) is 26.0 Å². The lowest BCUT2D eigenvalue weighted by Crippen LogP contribution is -2.60. The summed E-state index contributed by atoms with van der Waals surface area (Å²) in [5.74, 6) is -3.47. The van der Waals surface area contributed by atoms with Crippen LogP contribution in [0, 0.1) is 0 Å². The number of hydrogen-bond donors (Lipinski definition) is 15. The number of aliphatic hydroxyl groups excluding tert-OH is 4. The van der Waals surface area contributed by atoms with Gasteiger partial charge in [-0.3, -0.25) is 24.0 Å². The van der Waals surface area contributed by atoms with E-state index in [0.29, 0.717) is 46.2 Å². The van der Waals surface area contributed by atoms with Crippen LogP contribution in [0.15, 0.2) is 33.7 Å². The molecular weight excluding hydrogens is 1160 g/mol. The number of carboxylic acid groups (broad SMARTS) is 2. The maximum absolute atomic E-state index is 13.4. The SMILES string of the molecule is CC(=O)N[C@H]1[C@H]([C@H](OCC(=O)NCCOCCN(CCOCCNC(=O)CO[C@@H]([C@@H]2OC(C(=O)O)=C[C@H](N=C(N)N)[C@H]2NC(C)=O)[C@H](O)CO)C(=O)CCOCCOCCOCCOCCOCCON)[C@H](O)CO)OC(C(=O)O)=C[C@@H]1N=C(N)N. The topological polar surface area (TPSA) is 558 Å². The van der Waals surface area contributed by atoms with Crippen molar-refractivity contribution < 1.29 is 121 Å². The number of nitrogens with two attached hydrogens (primary N) is 5. The van der Waals surface area contributed by atoms with Gasteiger partial charge in [-0.1, -0.05) is 0 Å². The molecule has 0 aromatic rings. The Morgan fingerprint density at radius 3 is 1.23 bits per heavy atom. The summed E-state index contributed by atoms with van der Waals surface area (Å²) in [6, 6.07) is -4.92. The Morgan fingerprint density at radius 1 is 0.558 bits per heavy atom. The molecule has 10 atom stereocenters. The van der Waals surface area contributed by atoms with Crippen molar-refractivity contribution in [3.8, 4) is 0 Å². The monoisotopic (exact) mass is 1240 g/mol. The molecule has 0 unspecified atom stereocenters. The number of carbonyl (C=O) groups excluding carboxylic acids is 5. The molecule has 2 aliphatic rings. The number of ether oxygens (including phenoxy) is 11. The van der Waals surface area contributed by atoms with Crippen molar-refractivity contribution in [3.05, 3.63) is 23.7 Å². The molecule has 37 nitrogen and oxygen atoms in total. The molecule has 0 aromatic carbocycles. The highest BCUT2D eigenvalue weighted by Gasteiger charge is 2.47. The first-order chi connectivity index (χ1) is 41.1. The third-order valence-corrected chi connectivity index (χ3v) is 11.8. The van der Waals surface area contributed by atoms with Gasteiger partial charge in [0, 0.05) is 40.0 Å². The predicted octanol–water partition coefficient (Wildman–Crippen LogP) is -9.05. The van der Waals surface area contributed by atoms with Crippen LogP contribution in [0.3, 0.4) is 0 Å². The summed E-state index contributed by atoms with van der Waals surface area (Å²) in [6.07, 6.45) is -7.79. The number of aliphatic carboxylic acids is 2. The third-order valence-electron chi connectivity index (χ3n) is 11.8. The molecule has 492 valence electrons. The zero-order valence-corrected chi connectivity index (χ0v) is 48.1. The van der Waals surface area contributed by atoms with Crippen LogP contribution in [0.1, 0.15) is 20.3 Å². The Labute approximate surface area is 495 Å². The molecule has 0 fully saturated rings. The summed E-state index contributed by atoms with van der Waals surface area (Å²) in [5, 5.41) is 70.6. The number of carboxylic acids is 2. The Bertz CT molecular complexity index is 2050. The van der Waals surface area contributed by atoms with Gasteiger partial charge >= 0.3 is 11.9 Å². The first-order valence-electron chi connectivity index (χ1n) is 27.1. The smallest absolute Gasteiger partial charge is 0.370 e. The molecule has 37 heteroatoms. The number of guanidine groups is 2. The molecule has 86 heavy (non-hydrogen) atoms. The fraction of sp³-hybridized carbons (Fsp3) is 0.735. The van der Waals surface area contributed by atoms with E-state index in [2.05, 4.69) is 36.1 Å².